The summed E-state index contributed by atoms with van der Waals surface area (Å²) >= 11 is 3.20. The molecular weight excluding hydrogens is 464 g/mol. The Morgan fingerprint density at radius 2 is 2.09 bits per heavy atom. The zero-order chi connectivity index (χ0) is 24.9. The Morgan fingerprint density at radius 3 is 2.76 bits per heavy atom. The Labute approximate surface area is 210 Å². The second kappa shape index (κ2) is 11.1. The average Bonchev–Trinajstić information content (AvgIpc) is 3.39. The molecule has 0 amide bonds. The lowest BCUT2D eigenvalue weighted by atomic mass is 9.95. The van der Waals surface area contributed by atoms with Crippen molar-refractivity contribution < 1.29 is 4.74 Å². The fourth-order valence-electron chi connectivity index (χ4n) is 3.99. The van der Waals surface area contributed by atoms with Gasteiger partial charge in [-0.05, 0) is 51.0 Å². The fourth-order valence-corrected chi connectivity index (χ4v) is 5.93. The largest absolute Gasteiger partial charge is 0.371 e. The van der Waals surface area contributed by atoms with Crippen LogP contribution >= 0.6 is 23.1 Å². The molecule has 0 spiro atoms. The van der Waals surface area contributed by atoms with Gasteiger partial charge in [0.15, 0.2) is 16.6 Å². The van der Waals surface area contributed by atoms with E-state index < -0.39 is 0 Å². The molecule has 6 nitrogen and oxygen atoms in total. The number of aromatic amines is 1. The van der Waals surface area contributed by atoms with Crippen LogP contribution in [0.5, 0.6) is 0 Å². The van der Waals surface area contributed by atoms with Gasteiger partial charge in [-0.2, -0.15) is 0 Å². The van der Waals surface area contributed by atoms with Crippen LogP contribution in [-0.2, 0) is 4.74 Å². The highest BCUT2D eigenvalue weighted by Crippen LogP contribution is 2.39. The molecule has 0 aliphatic carbocycles. The number of nitrogens with zero attached hydrogens (tertiary/aromatic N) is 3. The molecule has 8 heteroatoms. The summed E-state index contributed by atoms with van der Waals surface area (Å²) in [5, 5.41) is 5.54. The highest BCUT2D eigenvalue weighted by Gasteiger charge is 2.32. The first kappa shape index (κ1) is 26.4. The lowest BCUT2D eigenvalue weighted by molar-refractivity contribution is -0.0126. The van der Waals surface area contributed by atoms with E-state index in [4.69, 9.17) is 9.72 Å². The van der Waals surface area contributed by atoms with Crippen LogP contribution in [0.2, 0.25) is 0 Å². The van der Waals surface area contributed by atoms with Crippen molar-refractivity contribution in [2.24, 2.45) is 5.92 Å². The molecule has 1 unspecified atom stereocenters. The molecule has 0 bridgehead atoms. The predicted octanol–water partition coefficient (Wildman–Crippen LogP) is 6.75. The van der Waals surface area contributed by atoms with Gasteiger partial charge in [-0.1, -0.05) is 69.3 Å². The summed E-state index contributed by atoms with van der Waals surface area (Å²) in [6, 6.07) is 5.48. The molecule has 0 aromatic carbocycles. The molecule has 1 N–H and O–H groups in total. The fraction of sp³-hybridized carbons (Fsp3) is 0.500. The molecule has 0 aliphatic heterocycles. The summed E-state index contributed by atoms with van der Waals surface area (Å²) in [6.45, 7) is 15.7. The maximum Gasteiger partial charge on any atom is 0.266 e. The molecule has 1 atom stereocenters. The summed E-state index contributed by atoms with van der Waals surface area (Å²) in [5.41, 5.74) is 1.46. The molecule has 3 heterocycles. The number of ether oxygens (including phenoxy) is 1. The van der Waals surface area contributed by atoms with E-state index in [0.717, 1.165) is 17.7 Å². The van der Waals surface area contributed by atoms with Crippen LogP contribution in [-0.4, -0.2) is 36.5 Å². The van der Waals surface area contributed by atoms with Gasteiger partial charge in [-0.15, -0.1) is 11.3 Å². The first-order chi connectivity index (χ1) is 16.0. The summed E-state index contributed by atoms with van der Waals surface area (Å²) in [7, 11) is 0. The summed E-state index contributed by atoms with van der Waals surface area (Å²) in [4.78, 5) is 22.4. The van der Waals surface area contributed by atoms with Crippen molar-refractivity contribution in [2.75, 3.05) is 6.61 Å². The maximum absolute atomic E-state index is 12.0. The number of aromatic nitrogens is 4. The van der Waals surface area contributed by atoms with Gasteiger partial charge in [0.25, 0.3) is 5.56 Å². The molecule has 0 aliphatic rings. The van der Waals surface area contributed by atoms with Gasteiger partial charge < -0.3 is 4.74 Å². The Hall–Kier alpha value is -2.16. The standard InChI is InChI=1S/C26H36N4O2S2/c1-8-18(2)15-19(3)11-9-13-32-25(4,5)17-26(6,7)34-24-28-23(20-12-10-14-33-20)27-21-16-22(31)29-30(21)24/h9-12,14-16,19H,8,13,17H2,1-7H3,(H,29,31)/b11-9?,18-15-. The third kappa shape index (κ3) is 7.42. The number of rotatable bonds is 11. The van der Waals surface area contributed by atoms with Gasteiger partial charge in [-0.3, -0.25) is 9.89 Å². The topological polar surface area (TPSA) is 72.3 Å². The van der Waals surface area contributed by atoms with E-state index in [1.165, 1.54) is 11.6 Å². The van der Waals surface area contributed by atoms with Crippen molar-refractivity contribution >= 4 is 28.7 Å². The van der Waals surface area contributed by atoms with Crippen LogP contribution in [0.1, 0.15) is 61.3 Å². The van der Waals surface area contributed by atoms with Crippen LogP contribution in [0.15, 0.2) is 57.3 Å². The smallest absolute Gasteiger partial charge is 0.266 e. The van der Waals surface area contributed by atoms with E-state index in [1.54, 1.807) is 27.6 Å². The second-order valence-corrected chi connectivity index (χ2v) is 12.5. The molecule has 0 fully saturated rings. The van der Waals surface area contributed by atoms with E-state index >= 15 is 0 Å². The second-order valence-electron chi connectivity index (χ2n) is 9.88. The van der Waals surface area contributed by atoms with E-state index in [0.29, 0.717) is 29.2 Å². The number of H-pyrrole nitrogens is 1. The zero-order valence-corrected chi connectivity index (χ0v) is 22.8. The van der Waals surface area contributed by atoms with E-state index in [2.05, 4.69) is 76.8 Å². The number of hydrogen-bond acceptors (Lipinski definition) is 6. The average molecular weight is 501 g/mol. The quantitative estimate of drug-likeness (QED) is 0.233. The van der Waals surface area contributed by atoms with Gasteiger partial charge in [0.05, 0.1) is 17.1 Å². The van der Waals surface area contributed by atoms with Crippen molar-refractivity contribution in [3.63, 3.8) is 0 Å². The van der Waals surface area contributed by atoms with Crippen LogP contribution < -0.4 is 5.56 Å². The highest BCUT2D eigenvalue weighted by molar-refractivity contribution is 8.00. The van der Waals surface area contributed by atoms with Gasteiger partial charge in [-0.25, -0.2) is 14.5 Å². The summed E-state index contributed by atoms with van der Waals surface area (Å²) in [5.74, 6) is 1.04. The van der Waals surface area contributed by atoms with Crippen molar-refractivity contribution in [3.05, 3.63) is 57.7 Å². The number of fused-ring (bicyclic) bond motifs is 1. The Morgan fingerprint density at radius 1 is 1.32 bits per heavy atom. The minimum absolute atomic E-state index is 0.189. The third-order valence-electron chi connectivity index (χ3n) is 5.40. The number of thiophene rings is 1. The molecular formula is C26H36N4O2S2. The Bertz CT molecular complexity index is 1200. The number of hydrogen-bond donors (Lipinski definition) is 1. The first-order valence-corrected chi connectivity index (χ1v) is 13.4. The molecule has 0 radical (unpaired) electrons. The lowest BCUT2D eigenvalue weighted by Gasteiger charge is -2.34. The van der Waals surface area contributed by atoms with Gasteiger partial charge in [0.1, 0.15) is 0 Å². The molecule has 0 saturated carbocycles. The van der Waals surface area contributed by atoms with Crippen molar-refractivity contribution in [1.29, 1.82) is 0 Å². The minimum atomic E-state index is -0.327. The maximum atomic E-state index is 12.0. The normalized spacial score (nSPS) is 14.4. The van der Waals surface area contributed by atoms with E-state index in [-0.39, 0.29) is 15.9 Å². The van der Waals surface area contributed by atoms with Gasteiger partial charge in [0.2, 0.25) is 0 Å². The lowest BCUT2D eigenvalue weighted by Crippen LogP contribution is -2.34. The van der Waals surface area contributed by atoms with Crippen molar-refractivity contribution in [3.8, 4) is 10.7 Å². The van der Waals surface area contributed by atoms with Crippen molar-refractivity contribution in [1.82, 2.24) is 19.6 Å². The van der Waals surface area contributed by atoms with Gasteiger partial charge >= 0.3 is 0 Å². The number of allylic oxidation sites excluding steroid dienone is 3. The highest BCUT2D eigenvalue weighted by atomic mass is 32.2. The van der Waals surface area contributed by atoms with Crippen LogP contribution in [0, 0.1) is 5.92 Å². The van der Waals surface area contributed by atoms with Gasteiger partial charge in [0, 0.05) is 10.8 Å². The molecule has 3 aromatic rings. The predicted molar refractivity (Wildman–Crippen MR) is 144 cm³/mol. The summed E-state index contributed by atoms with van der Waals surface area (Å²) in [6.07, 6.45) is 8.48. The van der Waals surface area contributed by atoms with Crippen LogP contribution in [0.3, 0.4) is 0 Å². The monoisotopic (exact) mass is 500 g/mol. The number of nitrogens with one attached hydrogen (secondary N) is 1. The third-order valence-corrected chi connectivity index (χ3v) is 7.42. The first-order valence-electron chi connectivity index (χ1n) is 11.7. The molecule has 34 heavy (non-hydrogen) atoms. The SMILES string of the molecule is CC/C(C)=C\C(C)C=CCOC(C)(C)CC(C)(C)Sc1nc(-c2cccs2)nc2cc(=O)[nH]n12. The minimum Gasteiger partial charge on any atom is -0.371 e. The van der Waals surface area contributed by atoms with E-state index in [9.17, 15) is 4.79 Å². The molecule has 184 valence electrons. The summed E-state index contributed by atoms with van der Waals surface area (Å²) < 4.78 is 7.72. The molecule has 0 saturated heterocycles. The molecule has 3 rings (SSSR count). The van der Waals surface area contributed by atoms with Crippen molar-refractivity contribution in [2.45, 2.75) is 76.8 Å². The Balaban J connectivity index is 1.71. The zero-order valence-electron chi connectivity index (χ0n) is 21.2. The Kier molecular flexibility index (Phi) is 8.60. The number of thioether (sulfide) groups is 1. The van der Waals surface area contributed by atoms with Crippen LogP contribution in [0.25, 0.3) is 16.3 Å². The molecule has 3 aromatic heterocycles. The van der Waals surface area contributed by atoms with E-state index in [1.807, 2.05) is 17.5 Å². The van der Waals surface area contributed by atoms with Crippen LogP contribution in [0.4, 0.5) is 0 Å².